The summed E-state index contributed by atoms with van der Waals surface area (Å²) in [6.45, 7) is 0. The van der Waals surface area contributed by atoms with E-state index in [1.807, 2.05) is 0 Å². The molecule has 0 radical (unpaired) electrons. The fourth-order valence-corrected chi connectivity index (χ4v) is 2.81. The Morgan fingerprint density at radius 2 is 1.78 bits per heavy atom. The lowest BCUT2D eigenvalue weighted by Crippen LogP contribution is -2.10. The van der Waals surface area contributed by atoms with Crippen LogP contribution in [0.5, 0.6) is 0 Å². The molecule has 1 heterocycles. The van der Waals surface area contributed by atoms with Crippen LogP contribution in [-0.2, 0) is 16.9 Å². The molecule has 0 aliphatic heterocycles. The molecule has 4 N–H and O–H groups in total. The van der Waals surface area contributed by atoms with Crippen molar-refractivity contribution in [3.05, 3.63) is 47.8 Å². The predicted molar refractivity (Wildman–Crippen MR) is 89.5 cm³/mol. The Labute approximate surface area is 151 Å². The van der Waals surface area contributed by atoms with Crippen LogP contribution in [0.1, 0.15) is 5.56 Å². The molecule has 3 aromatic rings. The number of nitrogen functional groups attached to an aromatic ring is 1. The molecule has 0 saturated carbocycles. The number of benzene rings is 2. The number of halogens is 4. The summed E-state index contributed by atoms with van der Waals surface area (Å²) in [6, 6.07) is 5.98. The number of hydrogen-bond acceptors (Lipinski definition) is 6. The first-order valence-corrected chi connectivity index (χ1v) is 8.43. The summed E-state index contributed by atoms with van der Waals surface area (Å²) in [4.78, 5) is 3.58. The summed E-state index contributed by atoms with van der Waals surface area (Å²) < 4.78 is 76.9. The van der Waals surface area contributed by atoms with Gasteiger partial charge in [0.15, 0.2) is 10.7 Å². The monoisotopic (exact) mass is 401 g/mol. The van der Waals surface area contributed by atoms with Crippen molar-refractivity contribution in [1.29, 1.82) is 0 Å². The van der Waals surface area contributed by atoms with Gasteiger partial charge < -0.3 is 11.1 Å². The molecule has 0 unspecified atom stereocenters. The summed E-state index contributed by atoms with van der Waals surface area (Å²) >= 11 is 0. The highest BCUT2D eigenvalue weighted by Crippen LogP contribution is 2.40. The van der Waals surface area contributed by atoms with Crippen LogP contribution in [-0.4, -0.2) is 23.6 Å². The second-order valence-corrected chi connectivity index (χ2v) is 6.38. The number of alkyl halides is 3. The van der Waals surface area contributed by atoms with Crippen LogP contribution in [0, 0.1) is 5.82 Å². The number of rotatable bonds is 4. The smallest absolute Gasteiger partial charge is 0.366 e. The molecular formula is C15H11F4N5O2S. The van der Waals surface area contributed by atoms with Crippen LogP contribution in [0.2, 0.25) is 0 Å². The number of H-pyrrole nitrogens is 1. The van der Waals surface area contributed by atoms with E-state index in [9.17, 15) is 26.0 Å². The first kappa shape index (κ1) is 18.6. The maximum Gasteiger partial charge on any atom is 0.417 e. The lowest BCUT2D eigenvalue weighted by atomic mass is 9.98. The molecule has 0 aliphatic rings. The number of anilines is 3. The first-order chi connectivity index (χ1) is 12.6. The number of nitrogens with two attached hydrogens (primary N) is 1. The van der Waals surface area contributed by atoms with Crippen molar-refractivity contribution >= 4 is 28.3 Å². The predicted octanol–water partition coefficient (Wildman–Crippen LogP) is 2.93. The van der Waals surface area contributed by atoms with Crippen LogP contribution >= 0.6 is 0 Å². The molecule has 3 rings (SSSR count). The maximum atomic E-state index is 14.6. The Kier molecular flexibility index (Phi) is 4.74. The standard InChI is InChI=1S/C15H11F4N5O2S/c16-11-6-8(21-14-22-13(20)23-24-14)5-10(15(17,18)19)12(11)7-1-3-9(4-2-7)27(25)26/h1-6,27H,(H4,20,21,22,23,24). The van der Waals surface area contributed by atoms with E-state index >= 15 is 0 Å². The average molecular weight is 401 g/mol. The van der Waals surface area contributed by atoms with Gasteiger partial charge in [0.1, 0.15) is 5.82 Å². The quantitative estimate of drug-likeness (QED) is 0.395. The van der Waals surface area contributed by atoms with Crippen molar-refractivity contribution in [2.45, 2.75) is 11.1 Å². The molecule has 27 heavy (non-hydrogen) atoms. The zero-order chi connectivity index (χ0) is 19.8. The van der Waals surface area contributed by atoms with Gasteiger partial charge in [0.2, 0.25) is 11.9 Å². The highest BCUT2D eigenvalue weighted by Gasteiger charge is 2.36. The molecule has 0 saturated heterocycles. The van der Waals surface area contributed by atoms with E-state index in [4.69, 9.17) is 5.73 Å². The summed E-state index contributed by atoms with van der Waals surface area (Å²) in [7, 11) is -2.90. The van der Waals surface area contributed by atoms with Crippen molar-refractivity contribution in [2.75, 3.05) is 11.1 Å². The molecule has 142 valence electrons. The summed E-state index contributed by atoms with van der Waals surface area (Å²) in [5, 5.41) is 8.30. The molecule has 7 nitrogen and oxygen atoms in total. The lowest BCUT2D eigenvalue weighted by Gasteiger charge is -2.16. The van der Waals surface area contributed by atoms with Gasteiger partial charge in [0, 0.05) is 11.3 Å². The zero-order valence-corrected chi connectivity index (χ0v) is 14.1. The van der Waals surface area contributed by atoms with Crippen molar-refractivity contribution in [3.63, 3.8) is 0 Å². The van der Waals surface area contributed by atoms with Gasteiger partial charge in [-0.1, -0.05) is 12.1 Å². The molecule has 12 heteroatoms. The third-order valence-electron chi connectivity index (χ3n) is 3.53. The van der Waals surface area contributed by atoms with Crippen LogP contribution < -0.4 is 11.1 Å². The minimum absolute atomic E-state index is 0.0589. The number of aromatic amines is 1. The van der Waals surface area contributed by atoms with Gasteiger partial charge in [-0.05, 0) is 29.8 Å². The second kappa shape index (κ2) is 6.87. The Morgan fingerprint density at radius 3 is 2.30 bits per heavy atom. The van der Waals surface area contributed by atoms with Gasteiger partial charge in [-0.15, -0.1) is 5.10 Å². The lowest BCUT2D eigenvalue weighted by molar-refractivity contribution is -0.137. The van der Waals surface area contributed by atoms with Gasteiger partial charge in [0.25, 0.3) is 0 Å². The summed E-state index contributed by atoms with van der Waals surface area (Å²) in [6.07, 6.45) is -4.86. The number of nitrogens with one attached hydrogen (secondary N) is 2. The van der Waals surface area contributed by atoms with Crippen molar-refractivity contribution in [1.82, 2.24) is 15.2 Å². The molecule has 0 fully saturated rings. The van der Waals surface area contributed by atoms with Crippen molar-refractivity contribution in [3.8, 4) is 11.1 Å². The normalized spacial score (nSPS) is 11.7. The van der Waals surface area contributed by atoms with Crippen molar-refractivity contribution in [2.24, 2.45) is 0 Å². The topological polar surface area (TPSA) is 114 Å². The molecule has 2 aromatic carbocycles. The molecular weight excluding hydrogens is 390 g/mol. The molecule has 0 aliphatic carbocycles. The third-order valence-corrected chi connectivity index (χ3v) is 4.25. The number of thiol groups is 1. The van der Waals surface area contributed by atoms with E-state index < -0.39 is 33.8 Å². The third kappa shape index (κ3) is 4.00. The van der Waals surface area contributed by atoms with E-state index in [2.05, 4.69) is 20.5 Å². The Hall–Kier alpha value is -3.15. The average Bonchev–Trinajstić information content (AvgIpc) is 2.98. The van der Waals surface area contributed by atoms with E-state index in [0.717, 1.165) is 30.3 Å². The highest BCUT2D eigenvalue weighted by molar-refractivity contribution is 7.72. The number of hydrogen-bond donors (Lipinski definition) is 4. The number of aromatic nitrogens is 3. The summed E-state index contributed by atoms with van der Waals surface area (Å²) in [5.74, 6) is -1.35. The largest absolute Gasteiger partial charge is 0.417 e. The molecule has 1 aromatic heterocycles. The zero-order valence-electron chi connectivity index (χ0n) is 13.2. The Balaban J connectivity index is 2.10. The van der Waals surface area contributed by atoms with E-state index in [-0.39, 0.29) is 28.0 Å². The SMILES string of the molecule is Nc1n[nH]c(Nc2cc(F)c(-c3ccc([SH](=O)=O)cc3)c(C(F)(F)F)c2)n1. The minimum atomic E-state index is -4.86. The fraction of sp³-hybridized carbons (Fsp3) is 0.0667. The van der Waals surface area contributed by atoms with Gasteiger partial charge >= 0.3 is 6.18 Å². The van der Waals surface area contributed by atoms with E-state index in [1.165, 1.54) is 0 Å². The molecule has 0 atom stereocenters. The van der Waals surface area contributed by atoms with Gasteiger partial charge in [-0.25, -0.2) is 17.9 Å². The number of nitrogens with zero attached hydrogens (tertiary/aromatic N) is 2. The first-order valence-electron chi connectivity index (χ1n) is 7.25. The molecule has 0 spiro atoms. The van der Waals surface area contributed by atoms with Crippen molar-refractivity contribution < 1.29 is 26.0 Å². The minimum Gasteiger partial charge on any atom is -0.366 e. The van der Waals surface area contributed by atoms with E-state index in [0.29, 0.717) is 6.07 Å². The van der Waals surface area contributed by atoms with Gasteiger partial charge in [-0.2, -0.15) is 18.2 Å². The Bertz CT molecular complexity index is 1050. The van der Waals surface area contributed by atoms with Gasteiger partial charge in [-0.3, -0.25) is 0 Å². The van der Waals surface area contributed by atoms with Crippen LogP contribution in [0.25, 0.3) is 11.1 Å². The molecule has 0 amide bonds. The highest BCUT2D eigenvalue weighted by atomic mass is 32.2. The maximum absolute atomic E-state index is 14.6. The summed E-state index contributed by atoms with van der Waals surface area (Å²) in [5.41, 5.74) is 3.03. The Morgan fingerprint density at radius 1 is 1.11 bits per heavy atom. The van der Waals surface area contributed by atoms with Crippen LogP contribution in [0.4, 0.5) is 35.1 Å². The molecule has 0 bridgehead atoms. The van der Waals surface area contributed by atoms with E-state index in [1.54, 1.807) is 0 Å². The van der Waals surface area contributed by atoms with Crippen LogP contribution in [0.3, 0.4) is 0 Å². The fourth-order valence-electron chi connectivity index (χ4n) is 2.41. The second-order valence-electron chi connectivity index (χ2n) is 5.35. The van der Waals surface area contributed by atoms with Crippen LogP contribution in [0.15, 0.2) is 41.3 Å². The van der Waals surface area contributed by atoms with Gasteiger partial charge in [0.05, 0.1) is 10.5 Å².